The summed E-state index contributed by atoms with van der Waals surface area (Å²) in [6.07, 6.45) is 8.62. The second-order valence-corrected chi connectivity index (χ2v) is 3.74. The predicted octanol–water partition coefficient (Wildman–Crippen LogP) is 3.69. The molecule has 0 aliphatic carbocycles. The van der Waals surface area contributed by atoms with Crippen LogP contribution in [0, 0.1) is 0 Å². The molecule has 0 atom stereocenters. The van der Waals surface area contributed by atoms with E-state index in [9.17, 15) is 4.79 Å². The summed E-state index contributed by atoms with van der Waals surface area (Å²) in [7, 11) is 0. The van der Waals surface area contributed by atoms with Crippen LogP contribution in [0.4, 0.5) is 0 Å². The van der Waals surface area contributed by atoms with Crippen LogP contribution < -0.4 is 0 Å². The molecule has 0 saturated carbocycles. The molecular weight excluding hydrogens is 176 g/mol. The van der Waals surface area contributed by atoms with Gasteiger partial charge >= 0.3 is 5.97 Å². The normalized spacial score (nSPS) is 10.1. The lowest BCUT2D eigenvalue weighted by molar-refractivity contribution is -0.143. The molecule has 0 unspecified atom stereocenters. The number of hydrogen-bond donors (Lipinski definition) is 0. The van der Waals surface area contributed by atoms with Crippen molar-refractivity contribution in [2.45, 2.75) is 65.2 Å². The van der Waals surface area contributed by atoms with Gasteiger partial charge in [-0.3, -0.25) is 4.79 Å². The molecule has 0 heterocycles. The van der Waals surface area contributed by atoms with Crippen LogP contribution in [0.25, 0.3) is 0 Å². The number of carbonyl (C=O) groups excluding carboxylic acids is 1. The molecule has 84 valence electrons. The highest BCUT2D eigenvalue weighted by molar-refractivity contribution is 5.69. The summed E-state index contributed by atoms with van der Waals surface area (Å²) < 4.78 is 5.05. The minimum absolute atomic E-state index is 0.0186. The molecular formula is C12H24O2. The van der Waals surface area contributed by atoms with Crippen molar-refractivity contribution in [3.8, 4) is 0 Å². The summed E-state index contributed by atoms with van der Waals surface area (Å²) in [5.41, 5.74) is 0. The second kappa shape index (κ2) is 10.6. The molecule has 0 aliphatic rings. The fourth-order valence-corrected chi connectivity index (χ4v) is 1.28. The van der Waals surface area contributed by atoms with Gasteiger partial charge in [-0.1, -0.05) is 46.0 Å². The van der Waals surface area contributed by atoms with Gasteiger partial charge in [-0.05, 0) is 12.8 Å². The minimum Gasteiger partial charge on any atom is -0.466 e. The van der Waals surface area contributed by atoms with Crippen LogP contribution in [0.5, 0.6) is 0 Å². The first-order chi connectivity index (χ1) is 6.81. The van der Waals surface area contributed by atoms with Crippen LogP contribution >= 0.6 is 0 Å². The van der Waals surface area contributed by atoms with Crippen molar-refractivity contribution in [1.82, 2.24) is 0 Å². The van der Waals surface area contributed by atoms with Crippen LogP contribution in [0.2, 0.25) is 0 Å². The summed E-state index contributed by atoms with van der Waals surface area (Å²) in [4.78, 5) is 11.1. The Balaban J connectivity index is 3.10. The highest BCUT2D eigenvalue weighted by Crippen LogP contribution is 2.05. The van der Waals surface area contributed by atoms with Gasteiger partial charge in [-0.15, -0.1) is 0 Å². The summed E-state index contributed by atoms with van der Waals surface area (Å²) in [6, 6.07) is 0. The van der Waals surface area contributed by atoms with Crippen LogP contribution in [0.1, 0.15) is 65.2 Å². The molecule has 0 spiro atoms. The Bertz CT molecular complexity index is 132. The van der Waals surface area contributed by atoms with Gasteiger partial charge in [0.05, 0.1) is 6.61 Å². The smallest absolute Gasteiger partial charge is 0.305 e. The third-order valence-electron chi connectivity index (χ3n) is 2.25. The fraction of sp³-hybridized carbons (Fsp3) is 0.917. The molecule has 0 saturated heterocycles. The molecule has 0 bridgehead atoms. The van der Waals surface area contributed by atoms with Gasteiger partial charge in [0, 0.05) is 6.42 Å². The standard InChI is InChI=1S/C12H24O2/c1-3-5-7-8-9-10-12(13)14-11-6-4-2/h3-11H2,1-2H3. The van der Waals surface area contributed by atoms with Gasteiger partial charge in [-0.25, -0.2) is 0 Å². The van der Waals surface area contributed by atoms with E-state index in [4.69, 9.17) is 4.74 Å². The monoisotopic (exact) mass is 200 g/mol. The molecule has 2 heteroatoms. The van der Waals surface area contributed by atoms with Crippen molar-refractivity contribution in [2.24, 2.45) is 0 Å². The van der Waals surface area contributed by atoms with E-state index in [0.717, 1.165) is 25.7 Å². The average Bonchev–Trinajstić information content (AvgIpc) is 2.18. The van der Waals surface area contributed by atoms with E-state index >= 15 is 0 Å². The lowest BCUT2D eigenvalue weighted by Crippen LogP contribution is -2.05. The highest BCUT2D eigenvalue weighted by Gasteiger charge is 2.01. The maximum atomic E-state index is 11.1. The summed E-state index contributed by atoms with van der Waals surface area (Å²) in [5, 5.41) is 0. The number of ether oxygens (including phenoxy) is 1. The largest absolute Gasteiger partial charge is 0.466 e. The lowest BCUT2D eigenvalue weighted by Gasteiger charge is -2.03. The first-order valence-electron chi connectivity index (χ1n) is 5.96. The van der Waals surface area contributed by atoms with E-state index < -0.39 is 0 Å². The van der Waals surface area contributed by atoms with E-state index in [2.05, 4.69) is 13.8 Å². The summed E-state index contributed by atoms with van der Waals surface area (Å²) in [6.45, 7) is 4.89. The van der Waals surface area contributed by atoms with Crippen LogP contribution in [0.15, 0.2) is 0 Å². The van der Waals surface area contributed by atoms with E-state index in [1.54, 1.807) is 0 Å². The topological polar surface area (TPSA) is 26.3 Å². The van der Waals surface area contributed by atoms with Gasteiger partial charge in [0.25, 0.3) is 0 Å². The minimum atomic E-state index is -0.0186. The molecule has 0 N–H and O–H groups in total. The van der Waals surface area contributed by atoms with E-state index in [1.165, 1.54) is 19.3 Å². The number of hydrogen-bond acceptors (Lipinski definition) is 2. The Kier molecular flexibility index (Phi) is 10.2. The Labute approximate surface area is 88.0 Å². The van der Waals surface area contributed by atoms with Crippen molar-refractivity contribution < 1.29 is 9.53 Å². The molecule has 0 radical (unpaired) electrons. The molecule has 0 aromatic heterocycles. The molecule has 0 aliphatic heterocycles. The van der Waals surface area contributed by atoms with Crippen molar-refractivity contribution >= 4 is 5.97 Å². The van der Waals surface area contributed by atoms with Crippen molar-refractivity contribution in [1.29, 1.82) is 0 Å². The van der Waals surface area contributed by atoms with E-state index in [0.29, 0.717) is 13.0 Å². The first kappa shape index (κ1) is 13.5. The molecule has 14 heavy (non-hydrogen) atoms. The van der Waals surface area contributed by atoms with Crippen LogP contribution in [-0.2, 0) is 9.53 Å². The molecule has 0 aromatic rings. The number of esters is 1. The van der Waals surface area contributed by atoms with Gasteiger partial charge in [-0.2, -0.15) is 0 Å². The Morgan fingerprint density at radius 1 is 0.929 bits per heavy atom. The van der Waals surface area contributed by atoms with Gasteiger partial charge in [0.2, 0.25) is 0 Å². The van der Waals surface area contributed by atoms with Gasteiger partial charge in [0.1, 0.15) is 0 Å². The zero-order valence-electron chi connectivity index (χ0n) is 9.68. The molecule has 0 fully saturated rings. The van der Waals surface area contributed by atoms with Crippen molar-refractivity contribution in [3.63, 3.8) is 0 Å². The van der Waals surface area contributed by atoms with E-state index in [1.807, 2.05) is 0 Å². The number of rotatable bonds is 9. The first-order valence-corrected chi connectivity index (χ1v) is 5.96. The predicted molar refractivity (Wildman–Crippen MR) is 59.2 cm³/mol. The average molecular weight is 200 g/mol. The quantitative estimate of drug-likeness (QED) is 0.419. The summed E-state index contributed by atoms with van der Waals surface area (Å²) in [5.74, 6) is -0.0186. The van der Waals surface area contributed by atoms with Crippen LogP contribution in [0.3, 0.4) is 0 Å². The third-order valence-corrected chi connectivity index (χ3v) is 2.25. The van der Waals surface area contributed by atoms with E-state index in [-0.39, 0.29) is 5.97 Å². The zero-order valence-corrected chi connectivity index (χ0v) is 9.68. The van der Waals surface area contributed by atoms with Crippen molar-refractivity contribution in [2.75, 3.05) is 6.61 Å². The van der Waals surface area contributed by atoms with Gasteiger partial charge < -0.3 is 4.74 Å². The Morgan fingerprint density at radius 2 is 1.57 bits per heavy atom. The SMILES string of the molecule is CCCCCCCC(=O)OCCCC. The van der Waals surface area contributed by atoms with Crippen LogP contribution in [-0.4, -0.2) is 12.6 Å². The molecule has 0 amide bonds. The maximum Gasteiger partial charge on any atom is 0.305 e. The number of unbranched alkanes of at least 4 members (excludes halogenated alkanes) is 5. The zero-order chi connectivity index (χ0) is 10.6. The Morgan fingerprint density at radius 3 is 2.21 bits per heavy atom. The molecule has 2 nitrogen and oxygen atoms in total. The van der Waals surface area contributed by atoms with Gasteiger partial charge in [0.15, 0.2) is 0 Å². The fourth-order valence-electron chi connectivity index (χ4n) is 1.28. The number of carbonyl (C=O) groups is 1. The second-order valence-electron chi connectivity index (χ2n) is 3.74. The molecule has 0 aromatic carbocycles. The highest BCUT2D eigenvalue weighted by atomic mass is 16.5. The molecule has 0 rings (SSSR count). The summed E-state index contributed by atoms with van der Waals surface area (Å²) >= 11 is 0. The third kappa shape index (κ3) is 9.56. The maximum absolute atomic E-state index is 11.1. The Hall–Kier alpha value is -0.530. The van der Waals surface area contributed by atoms with Crippen molar-refractivity contribution in [3.05, 3.63) is 0 Å². The lowest BCUT2D eigenvalue weighted by atomic mass is 10.1.